The lowest BCUT2D eigenvalue weighted by atomic mass is 10.1. The highest BCUT2D eigenvalue weighted by molar-refractivity contribution is 7.92. The molecule has 0 aromatic heterocycles. The second-order valence-electron chi connectivity index (χ2n) is 9.06. The van der Waals surface area contributed by atoms with Crippen molar-refractivity contribution in [2.24, 2.45) is 4.99 Å². The Hall–Kier alpha value is -4.02. The molecule has 0 bridgehead atoms. The molecule has 4 rings (SSSR count). The predicted molar refractivity (Wildman–Crippen MR) is 152 cm³/mol. The molecule has 0 spiro atoms. The monoisotopic (exact) mass is 550 g/mol. The summed E-state index contributed by atoms with van der Waals surface area (Å²) in [7, 11) is -2.44. The van der Waals surface area contributed by atoms with Crippen molar-refractivity contribution in [1.29, 1.82) is 0 Å². The van der Waals surface area contributed by atoms with Crippen molar-refractivity contribution < 1.29 is 22.3 Å². The van der Waals surface area contributed by atoms with E-state index in [2.05, 4.69) is 21.3 Å². The van der Waals surface area contributed by atoms with Crippen molar-refractivity contribution in [2.45, 2.75) is 18.4 Å². The summed E-state index contributed by atoms with van der Waals surface area (Å²) < 4.78 is 48.1. The Morgan fingerprint density at radius 1 is 1.10 bits per heavy atom. The Bertz CT molecular complexity index is 1480. The highest BCUT2D eigenvalue weighted by atomic mass is 32.2. The minimum atomic E-state index is -3.94. The van der Waals surface area contributed by atoms with Gasteiger partial charge in [0.25, 0.3) is 15.9 Å². The molecule has 1 aliphatic rings. The van der Waals surface area contributed by atoms with Crippen molar-refractivity contribution in [3.63, 3.8) is 0 Å². The molecule has 0 atom stereocenters. The molecule has 0 saturated carbocycles. The van der Waals surface area contributed by atoms with Gasteiger partial charge in [-0.25, -0.2) is 12.8 Å². The SMILES string of the molecule is C=Nc1c(/C=C\C)cccc1S(=O)(=O)Nc1ccc(C(=O)N2CCN(Cc3ccc(OC)cc3F)CC2)cc1. The van der Waals surface area contributed by atoms with Crippen molar-refractivity contribution in [3.8, 4) is 5.75 Å². The van der Waals surface area contributed by atoms with Crippen LogP contribution >= 0.6 is 0 Å². The van der Waals surface area contributed by atoms with Crippen LogP contribution in [-0.2, 0) is 16.6 Å². The fourth-order valence-electron chi connectivity index (χ4n) is 4.45. The number of amides is 1. The van der Waals surface area contributed by atoms with Crippen molar-refractivity contribution in [1.82, 2.24) is 9.80 Å². The molecule has 1 saturated heterocycles. The van der Waals surface area contributed by atoms with Crippen LogP contribution in [0.3, 0.4) is 0 Å². The molecule has 39 heavy (non-hydrogen) atoms. The minimum Gasteiger partial charge on any atom is -0.497 e. The lowest BCUT2D eigenvalue weighted by Gasteiger charge is -2.35. The maximum absolute atomic E-state index is 14.3. The zero-order valence-electron chi connectivity index (χ0n) is 21.9. The third kappa shape index (κ3) is 6.52. The average molecular weight is 551 g/mol. The number of anilines is 1. The standard InChI is InChI=1S/C29H31FN4O4S/c1-4-6-21-7-5-8-27(28(21)31-2)39(36,37)32-24-12-9-22(10-13-24)29(35)34-17-15-33(16-18-34)20-23-11-14-25(38-3)19-26(23)30/h4-14,19,32H,2,15-18,20H2,1,3H3/b6-4-. The number of carbonyl (C=O) groups is 1. The number of hydrogen-bond donors (Lipinski definition) is 1. The van der Waals surface area contributed by atoms with Crippen LogP contribution in [-0.4, -0.2) is 64.1 Å². The summed E-state index contributed by atoms with van der Waals surface area (Å²) in [5.41, 5.74) is 2.27. The number of sulfonamides is 1. The molecule has 3 aromatic carbocycles. The lowest BCUT2D eigenvalue weighted by Crippen LogP contribution is -2.48. The smallest absolute Gasteiger partial charge is 0.264 e. The zero-order chi connectivity index (χ0) is 28.0. The van der Waals surface area contributed by atoms with E-state index in [0.717, 1.165) is 0 Å². The van der Waals surface area contributed by atoms with Gasteiger partial charge in [0.2, 0.25) is 0 Å². The summed E-state index contributed by atoms with van der Waals surface area (Å²) in [5.74, 6) is 0.0190. The van der Waals surface area contributed by atoms with Crippen molar-refractivity contribution in [3.05, 3.63) is 89.2 Å². The first-order valence-electron chi connectivity index (χ1n) is 12.4. The number of halogens is 1. The van der Waals surface area contributed by atoms with E-state index in [1.54, 1.807) is 65.6 Å². The number of para-hydroxylation sites is 1. The molecule has 1 N–H and O–H groups in total. The van der Waals surface area contributed by atoms with E-state index in [-0.39, 0.29) is 22.3 Å². The van der Waals surface area contributed by atoms with Crippen LogP contribution in [0, 0.1) is 5.82 Å². The number of nitrogens with one attached hydrogen (secondary N) is 1. The molecule has 1 aliphatic heterocycles. The Kier molecular flexibility index (Phi) is 8.78. The first kappa shape index (κ1) is 28.0. The number of benzene rings is 3. The highest BCUT2D eigenvalue weighted by Crippen LogP contribution is 2.31. The molecule has 0 aliphatic carbocycles. The summed E-state index contributed by atoms with van der Waals surface area (Å²) in [6.45, 7) is 8.04. The summed E-state index contributed by atoms with van der Waals surface area (Å²) in [5, 5.41) is 0. The van der Waals surface area contributed by atoms with Crippen LogP contribution in [0.4, 0.5) is 15.8 Å². The number of carbonyl (C=O) groups excluding carboxylic acids is 1. The molecule has 1 fully saturated rings. The molecule has 10 heteroatoms. The number of nitrogens with zero attached hydrogens (tertiary/aromatic N) is 3. The molecule has 1 amide bonds. The number of methoxy groups -OCH3 is 1. The first-order valence-corrected chi connectivity index (χ1v) is 13.9. The van der Waals surface area contributed by atoms with E-state index in [4.69, 9.17) is 4.74 Å². The van der Waals surface area contributed by atoms with E-state index in [1.807, 2.05) is 6.92 Å². The lowest BCUT2D eigenvalue weighted by molar-refractivity contribution is 0.0627. The number of hydrogen-bond acceptors (Lipinski definition) is 6. The molecule has 1 heterocycles. The third-order valence-corrected chi connectivity index (χ3v) is 7.93. The summed E-state index contributed by atoms with van der Waals surface area (Å²) in [6.07, 6.45) is 3.56. The van der Waals surface area contributed by atoms with Crippen molar-refractivity contribution in [2.75, 3.05) is 38.0 Å². The molecule has 204 valence electrons. The molecule has 0 radical (unpaired) electrons. The molecule has 0 unspecified atom stereocenters. The van der Waals surface area contributed by atoms with Gasteiger partial charge in [-0.1, -0.05) is 30.4 Å². The number of aliphatic imine (C=N–C) groups is 1. The summed E-state index contributed by atoms with van der Waals surface area (Å²) >= 11 is 0. The maximum Gasteiger partial charge on any atom is 0.264 e. The Labute approximate surface area is 228 Å². The van der Waals surface area contributed by atoms with Gasteiger partial charge in [-0.15, -0.1) is 0 Å². The Balaban J connectivity index is 1.38. The number of piperazine rings is 1. The van der Waals surface area contributed by atoms with Gasteiger partial charge in [0.15, 0.2) is 0 Å². The van der Waals surface area contributed by atoms with Crippen LogP contribution in [0.5, 0.6) is 5.75 Å². The number of ether oxygens (including phenoxy) is 1. The van der Waals surface area contributed by atoms with Gasteiger partial charge in [-0.2, -0.15) is 0 Å². The van der Waals surface area contributed by atoms with E-state index >= 15 is 0 Å². The predicted octanol–water partition coefficient (Wildman–Crippen LogP) is 4.96. The second-order valence-corrected chi connectivity index (χ2v) is 10.7. The van der Waals surface area contributed by atoms with Crippen LogP contribution in [0.2, 0.25) is 0 Å². The number of rotatable bonds is 9. The third-order valence-electron chi connectivity index (χ3n) is 6.52. The van der Waals surface area contributed by atoms with Crippen molar-refractivity contribution >= 4 is 40.1 Å². The van der Waals surface area contributed by atoms with Crippen LogP contribution in [0.1, 0.15) is 28.4 Å². The summed E-state index contributed by atoms with van der Waals surface area (Å²) in [6, 6.07) is 16.0. The minimum absolute atomic E-state index is 0.0145. The van der Waals surface area contributed by atoms with Gasteiger partial charge in [0.05, 0.1) is 12.8 Å². The van der Waals surface area contributed by atoms with Crippen LogP contribution in [0.25, 0.3) is 6.08 Å². The van der Waals surface area contributed by atoms with Crippen LogP contribution in [0.15, 0.2) is 76.6 Å². The highest BCUT2D eigenvalue weighted by Gasteiger charge is 2.24. The Morgan fingerprint density at radius 3 is 2.44 bits per heavy atom. The van der Waals surface area contributed by atoms with E-state index in [0.29, 0.717) is 60.9 Å². The quantitative estimate of drug-likeness (QED) is 0.381. The molecule has 8 nitrogen and oxygen atoms in total. The maximum atomic E-state index is 14.3. The Morgan fingerprint density at radius 2 is 1.82 bits per heavy atom. The normalized spacial score (nSPS) is 14.4. The zero-order valence-corrected chi connectivity index (χ0v) is 22.7. The van der Waals surface area contributed by atoms with Gasteiger partial charge in [-0.05, 0) is 50.0 Å². The van der Waals surface area contributed by atoms with E-state index in [9.17, 15) is 17.6 Å². The van der Waals surface area contributed by atoms with Gasteiger partial charge in [0.1, 0.15) is 16.5 Å². The van der Waals surface area contributed by atoms with Gasteiger partial charge < -0.3 is 9.64 Å². The van der Waals surface area contributed by atoms with E-state index < -0.39 is 10.0 Å². The second kappa shape index (κ2) is 12.2. The fourth-order valence-corrected chi connectivity index (χ4v) is 5.70. The van der Waals surface area contributed by atoms with Gasteiger partial charge >= 0.3 is 0 Å². The average Bonchev–Trinajstić information content (AvgIpc) is 2.94. The van der Waals surface area contributed by atoms with Crippen LogP contribution < -0.4 is 9.46 Å². The fraction of sp³-hybridized carbons (Fsp3) is 0.241. The molecule has 3 aromatic rings. The topological polar surface area (TPSA) is 91.3 Å². The summed E-state index contributed by atoms with van der Waals surface area (Å²) in [4.78, 5) is 20.8. The van der Waals surface area contributed by atoms with E-state index in [1.165, 1.54) is 19.2 Å². The van der Waals surface area contributed by atoms with Gasteiger partial charge in [-0.3, -0.25) is 19.4 Å². The molecular weight excluding hydrogens is 519 g/mol. The molecular formula is C29H31FN4O4S. The van der Waals surface area contributed by atoms with Gasteiger partial charge in [0, 0.05) is 61.2 Å². The number of allylic oxidation sites excluding steroid dienone is 1. The first-order chi connectivity index (χ1) is 18.7. The largest absolute Gasteiger partial charge is 0.497 e.